The first kappa shape index (κ1) is 16.3. The molecule has 3 atom stereocenters. The van der Waals surface area contributed by atoms with Crippen LogP contribution in [0.3, 0.4) is 0 Å². The molecule has 3 unspecified atom stereocenters. The maximum atomic E-state index is 6.22. The zero-order chi connectivity index (χ0) is 14.5. The number of benzene rings is 1. The van der Waals surface area contributed by atoms with Gasteiger partial charge in [0.25, 0.3) is 0 Å². The van der Waals surface area contributed by atoms with Crippen molar-refractivity contribution in [1.29, 1.82) is 0 Å². The molecule has 0 aliphatic heterocycles. The third-order valence-electron chi connectivity index (χ3n) is 4.64. The predicted molar refractivity (Wildman–Crippen MR) is 91.3 cm³/mol. The van der Waals surface area contributed by atoms with Gasteiger partial charge in [-0.1, -0.05) is 67.1 Å². The first-order valence-corrected chi connectivity index (χ1v) is 9.02. The summed E-state index contributed by atoms with van der Waals surface area (Å²) >= 11 is 9.93. The first-order valence-electron chi connectivity index (χ1n) is 7.85. The van der Waals surface area contributed by atoms with Crippen LogP contribution in [0.1, 0.15) is 57.6 Å². The molecule has 3 heteroatoms. The van der Waals surface area contributed by atoms with Gasteiger partial charge >= 0.3 is 0 Å². The second-order valence-electron chi connectivity index (χ2n) is 5.82. The highest BCUT2D eigenvalue weighted by Gasteiger charge is 2.32. The van der Waals surface area contributed by atoms with E-state index in [0.717, 1.165) is 23.4 Å². The Morgan fingerprint density at radius 1 is 1.30 bits per heavy atom. The summed E-state index contributed by atoms with van der Waals surface area (Å²) in [4.78, 5) is 0. The number of hydrogen-bond acceptors (Lipinski definition) is 1. The van der Waals surface area contributed by atoms with Crippen LogP contribution in [0.2, 0.25) is 5.02 Å². The van der Waals surface area contributed by atoms with Gasteiger partial charge in [0.1, 0.15) is 0 Å². The van der Waals surface area contributed by atoms with E-state index < -0.39 is 0 Å². The molecule has 2 rings (SSSR count). The molecule has 0 radical (unpaired) electrons. The Morgan fingerprint density at radius 2 is 2.05 bits per heavy atom. The lowest BCUT2D eigenvalue weighted by molar-refractivity contribution is 0.176. The van der Waals surface area contributed by atoms with Gasteiger partial charge in [0.15, 0.2) is 0 Å². The van der Waals surface area contributed by atoms with Gasteiger partial charge in [-0.2, -0.15) is 0 Å². The van der Waals surface area contributed by atoms with E-state index in [2.05, 4.69) is 47.2 Å². The molecule has 1 aliphatic rings. The SMILES string of the molecule is CCNC(c1cc(Cl)ccc1Br)C1CCCCC1CC. The summed E-state index contributed by atoms with van der Waals surface area (Å²) in [5, 5.41) is 4.54. The maximum absolute atomic E-state index is 6.22. The lowest BCUT2D eigenvalue weighted by Crippen LogP contribution is -2.34. The van der Waals surface area contributed by atoms with Gasteiger partial charge in [-0.15, -0.1) is 0 Å². The lowest BCUT2D eigenvalue weighted by atomic mass is 9.72. The van der Waals surface area contributed by atoms with Gasteiger partial charge in [-0.3, -0.25) is 0 Å². The van der Waals surface area contributed by atoms with Crippen molar-refractivity contribution in [2.24, 2.45) is 11.8 Å². The molecule has 0 bridgehead atoms. The number of halogens is 2. The number of nitrogens with one attached hydrogen (secondary N) is 1. The second-order valence-corrected chi connectivity index (χ2v) is 7.11. The Kier molecular flexibility index (Phi) is 6.38. The Hall–Kier alpha value is -0.0500. The lowest BCUT2D eigenvalue weighted by Gasteiger charge is -2.38. The van der Waals surface area contributed by atoms with Crippen molar-refractivity contribution >= 4 is 27.5 Å². The summed E-state index contributed by atoms with van der Waals surface area (Å²) in [6.45, 7) is 5.52. The van der Waals surface area contributed by atoms with E-state index in [-0.39, 0.29) is 0 Å². The van der Waals surface area contributed by atoms with Crippen molar-refractivity contribution in [3.05, 3.63) is 33.3 Å². The van der Waals surface area contributed by atoms with Crippen molar-refractivity contribution in [2.75, 3.05) is 6.54 Å². The summed E-state index contributed by atoms with van der Waals surface area (Å²) in [5.41, 5.74) is 1.32. The smallest absolute Gasteiger partial charge is 0.0410 e. The highest BCUT2D eigenvalue weighted by molar-refractivity contribution is 9.10. The minimum atomic E-state index is 0.415. The minimum absolute atomic E-state index is 0.415. The Balaban J connectivity index is 2.31. The van der Waals surface area contributed by atoms with Crippen LogP contribution in [-0.2, 0) is 0 Å². The molecule has 20 heavy (non-hydrogen) atoms. The van der Waals surface area contributed by atoms with Crippen LogP contribution in [0, 0.1) is 11.8 Å². The summed E-state index contributed by atoms with van der Waals surface area (Å²) in [5.74, 6) is 1.56. The van der Waals surface area contributed by atoms with Crippen LogP contribution >= 0.6 is 27.5 Å². The van der Waals surface area contributed by atoms with Crippen molar-refractivity contribution in [1.82, 2.24) is 5.32 Å². The first-order chi connectivity index (χ1) is 9.67. The fourth-order valence-electron chi connectivity index (χ4n) is 3.65. The van der Waals surface area contributed by atoms with E-state index in [0.29, 0.717) is 6.04 Å². The minimum Gasteiger partial charge on any atom is -0.310 e. The molecule has 0 spiro atoms. The molecule has 0 amide bonds. The highest BCUT2D eigenvalue weighted by atomic mass is 79.9. The molecule has 1 fully saturated rings. The van der Waals surface area contributed by atoms with Crippen LogP contribution in [0.4, 0.5) is 0 Å². The molecule has 1 aliphatic carbocycles. The molecule has 0 saturated heterocycles. The second kappa shape index (κ2) is 7.82. The van der Waals surface area contributed by atoms with E-state index in [4.69, 9.17) is 11.6 Å². The van der Waals surface area contributed by atoms with Gasteiger partial charge in [0, 0.05) is 15.5 Å². The van der Waals surface area contributed by atoms with Gasteiger partial charge in [-0.25, -0.2) is 0 Å². The van der Waals surface area contributed by atoms with E-state index in [9.17, 15) is 0 Å². The van der Waals surface area contributed by atoms with E-state index in [1.54, 1.807) is 0 Å². The highest BCUT2D eigenvalue weighted by Crippen LogP contribution is 2.42. The molecular weight excluding hydrogens is 334 g/mol. The molecule has 112 valence electrons. The standard InChI is InChI=1S/C17H25BrClN/c1-3-12-7-5-6-8-14(12)17(20-4-2)15-11-13(19)9-10-16(15)18/h9-12,14,17,20H,3-8H2,1-2H3. The molecular formula is C17H25BrClN. The van der Waals surface area contributed by atoms with Crippen molar-refractivity contribution in [3.8, 4) is 0 Å². The fraction of sp³-hybridized carbons (Fsp3) is 0.647. The van der Waals surface area contributed by atoms with Gasteiger partial charge in [0.05, 0.1) is 0 Å². The topological polar surface area (TPSA) is 12.0 Å². The van der Waals surface area contributed by atoms with Crippen LogP contribution in [0.5, 0.6) is 0 Å². The monoisotopic (exact) mass is 357 g/mol. The van der Waals surface area contributed by atoms with Crippen LogP contribution in [-0.4, -0.2) is 6.54 Å². The van der Waals surface area contributed by atoms with Crippen LogP contribution in [0.15, 0.2) is 22.7 Å². The number of hydrogen-bond donors (Lipinski definition) is 1. The molecule has 1 aromatic carbocycles. The third kappa shape index (κ3) is 3.78. The summed E-state index contributed by atoms with van der Waals surface area (Å²) in [6, 6.07) is 6.57. The molecule has 1 nitrogen and oxygen atoms in total. The van der Waals surface area contributed by atoms with Crippen molar-refractivity contribution in [3.63, 3.8) is 0 Å². The van der Waals surface area contributed by atoms with E-state index >= 15 is 0 Å². The Labute approximate surface area is 136 Å². The maximum Gasteiger partial charge on any atom is 0.0410 e. The molecule has 1 N–H and O–H groups in total. The molecule has 1 saturated carbocycles. The van der Waals surface area contributed by atoms with Crippen molar-refractivity contribution < 1.29 is 0 Å². The normalized spacial score (nSPS) is 24.6. The quantitative estimate of drug-likeness (QED) is 0.683. The van der Waals surface area contributed by atoms with Gasteiger partial charge in [-0.05, 0) is 48.6 Å². The summed E-state index contributed by atoms with van der Waals surface area (Å²) < 4.78 is 1.17. The predicted octanol–water partition coefficient (Wildman–Crippen LogP) is 5.97. The van der Waals surface area contributed by atoms with E-state index in [1.807, 2.05) is 6.07 Å². The van der Waals surface area contributed by atoms with Crippen molar-refractivity contribution in [2.45, 2.75) is 52.0 Å². The number of rotatable bonds is 5. The fourth-order valence-corrected chi connectivity index (χ4v) is 4.32. The van der Waals surface area contributed by atoms with Gasteiger partial charge in [0.2, 0.25) is 0 Å². The largest absolute Gasteiger partial charge is 0.310 e. The zero-order valence-corrected chi connectivity index (χ0v) is 14.8. The van der Waals surface area contributed by atoms with Crippen LogP contribution in [0.25, 0.3) is 0 Å². The third-order valence-corrected chi connectivity index (χ3v) is 5.59. The van der Waals surface area contributed by atoms with Gasteiger partial charge < -0.3 is 5.32 Å². The molecule has 1 aromatic rings. The summed E-state index contributed by atoms with van der Waals surface area (Å²) in [7, 11) is 0. The van der Waals surface area contributed by atoms with Crippen LogP contribution < -0.4 is 5.32 Å². The average molecular weight is 359 g/mol. The Bertz CT molecular complexity index is 435. The average Bonchev–Trinajstić information content (AvgIpc) is 2.47. The summed E-state index contributed by atoms with van der Waals surface area (Å²) in [6.07, 6.45) is 6.74. The Morgan fingerprint density at radius 3 is 2.75 bits per heavy atom. The molecule has 0 aromatic heterocycles. The van der Waals surface area contributed by atoms with E-state index in [1.165, 1.54) is 42.1 Å². The zero-order valence-electron chi connectivity index (χ0n) is 12.5. The molecule has 0 heterocycles.